The molecule has 1 saturated carbocycles. The second-order valence-corrected chi connectivity index (χ2v) is 11.5. The molecule has 0 amide bonds. The minimum absolute atomic E-state index is 0.0198. The monoisotopic (exact) mass is 503 g/mol. The quantitative estimate of drug-likeness (QED) is 0.413. The van der Waals surface area contributed by atoms with Crippen molar-refractivity contribution in [1.29, 1.82) is 0 Å². The van der Waals surface area contributed by atoms with Crippen molar-refractivity contribution in [2.24, 2.45) is 0 Å². The Labute approximate surface area is 204 Å². The van der Waals surface area contributed by atoms with Crippen LogP contribution in [0.2, 0.25) is 0 Å². The molecule has 188 valence electrons. The van der Waals surface area contributed by atoms with Gasteiger partial charge in [-0.15, -0.1) is 0 Å². The zero-order valence-electron chi connectivity index (χ0n) is 19.9. The molecule has 7 nitrogen and oxygen atoms in total. The van der Waals surface area contributed by atoms with Gasteiger partial charge < -0.3 is 9.88 Å². The topological polar surface area (TPSA) is 80.1 Å². The largest absolute Gasteiger partial charge is 0.354 e. The van der Waals surface area contributed by atoms with Crippen LogP contribution in [0.1, 0.15) is 57.9 Å². The van der Waals surface area contributed by atoms with Crippen LogP contribution in [0, 0.1) is 0 Å². The first kappa shape index (κ1) is 24.1. The number of sulfonamides is 1. The predicted octanol–water partition coefficient (Wildman–Crippen LogP) is 5.46. The number of anilines is 1. The van der Waals surface area contributed by atoms with Gasteiger partial charge in [-0.2, -0.15) is 9.29 Å². The van der Waals surface area contributed by atoms with E-state index in [-0.39, 0.29) is 4.90 Å². The van der Waals surface area contributed by atoms with Crippen molar-refractivity contribution in [2.75, 3.05) is 25.0 Å². The van der Waals surface area contributed by atoms with Crippen LogP contribution >= 0.6 is 0 Å². The van der Waals surface area contributed by atoms with E-state index in [1.165, 1.54) is 31.4 Å². The summed E-state index contributed by atoms with van der Waals surface area (Å²) in [6.45, 7) is 1.43. The molecule has 1 saturated heterocycles. The Morgan fingerprint density at radius 2 is 1.83 bits per heavy atom. The third-order valence-electron chi connectivity index (χ3n) is 6.97. The highest BCUT2D eigenvalue weighted by Crippen LogP contribution is 2.37. The molecule has 5 rings (SSSR count). The molecule has 3 heterocycles. The lowest BCUT2D eigenvalue weighted by atomic mass is 9.95. The number of halogens is 2. The first-order valence-electron chi connectivity index (χ1n) is 12.4. The molecule has 2 fully saturated rings. The number of fused-ring (bicyclic) bond motifs is 1. The Morgan fingerprint density at radius 3 is 2.49 bits per heavy atom. The van der Waals surface area contributed by atoms with Crippen LogP contribution in [-0.2, 0) is 10.0 Å². The molecule has 0 atom stereocenters. The Kier molecular flexibility index (Phi) is 6.52. The Hall–Kier alpha value is -2.59. The molecule has 0 radical (unpaired) electrons. The van der Waals surface area contributed by atoms with E-state index in [0.717, 1.165) is 58.7 Å². The summed E-state index contributed by atoms with van der Waals surface area (Å²) in [5.41, 5.74) is 2.65. The first-order valence-corrected chi connectivity index (χ1v) is 13.8. The van der Waals surface area contributed by atoms with E-state index in [1.54, 1.807) is 12.1 Å². The first-order chi connectivity index (χ1) is 16.8. The van der Waals surface area contributed by atoms with Crippen molar-refractivity contribution < 1.29 is 17.2 Å². The van der Waals surface area contributed by atoms with E-state index >= 15 is 0 Å². The lowest BCUT2D eigenvalue weighted by Gasteiger charge is -2.37. The molecule has 0 unspecified atom stereocenters. The lowest BCUT2D eigenvalue weighted by molar-refractivity contribution is -0.0945. The second-order valence-electron chi connectivity index (χ2n) is 9.61. The molecule has 1 N–H and O–H groups in total. The average Bonchev–Trinajstić information content (AvgIpc) is 3.22. The van der Waals surface area contributed by atoms with E-state index < -0.39 is 29.0 Å². The molecule has 35 heavy (non-hydrogen) atoms. The van der Waals surface area contributed by atoms with Gasteiger partial charge >= 0.3 is 0 Å². The molecule has 0 spiro atoms. The van der Waals surface area contributed by atoms with Crippen LogP contribution in [0.3, 0.4) is 0 Å². The third kappa shape index (κ3) is 4.78. The molecule has 10 heteroatoms. The maximum Gasteiger partial charge on any atom is 0.275 e. The maximum atomic E-state index is 13.2. The van der Waals surface area contributed by atoms with Crippen LogP contribution in [0.4, 0.5) is 14.7 Å². The van der Waals surface area contributed by atoms with Crippen molar-refractivity contribution in [2.45, 2.75) is 68.7 Å². The fourth-order valence-corrected chi connectivity index (χ4v) is 6.45. The SMILES string of the molecule is CCCCNc1ncc2c(-c3ccc(S(=O)(=O)N4CC(F)(F)C4)cc3)cn(C3CCCCC3)c2n1. The number of unbranched alkanes of at least 4 members (excludes halogenated alkanes) is 1. The number of nitrogens with zero attached hydrogens (tertiary/aromatic N) is 4. The summed E-state index contributed by atoms with van der Waals surface area (Å²) in [7, 11) is -3.93. The molecule has 1 aliphatic carbocycles. The Balaban J connectivity index is 1.48. The van der Waals surface area contributed by atoms with Crippen molar-refractivity contribution >= 4 is 27.0 Å². The summed E-state index contributed by atoms with van der Waals surface area (Å²) in [6, 6.07) is 6.82. The molecule has 2 aliphatic rings. The van der Waals surface area contributed by atoms with Gasteiger partial charge in [-0.25, -0.2) is 22.2 Å². The van der Waals surface area contributed by atoms with Crippen molar-refractivity contribution in [1.82, 2.24) is 18.8 Å². The highest BCUT2D eigenvalue weighted by Gasteiger charge is 2.49. The number of benzene rings is 1. The predicted molar refractivity (Wildman–Crippen MR) is 132 cm³/mol. The highest BCUT2D eigenvalue weighted by molar-refractivity contribution is 7.89. The average molecular weight is 504 g/mol. The fourth-order valence-electron chi connectivity index (χ4n) is 4.95. The van der Waals surface area contributed by atoms with Crippen LogP contribution < -0.4 is 5.32 Å². The van der Waals surface area contributed by atoms with E-state index in [0.29, 0.717) is 12.0 Å². The summed E-state index contributed by atoms with van der Waals surface area (Å²) >= 11 is 0. The number of hydrogen-bond acceptors (Lipinski definition) is 5. The van der Waals surface area contributed by atoms with E-state index in [9.17, 15) is 17.2 Å². The van der Waals surface area contributed by atoms with Crippen molar-refractivity contribution in [3.8, 4) is 11.1 Å². The number of rotatable bonds is 8. The molecule has 1 aliphatic heterocycles. The molecule has 2 aromatic heterocycles. The summed E-state index contributed by atoms with van der Waals surface area (Å²) in [5.74, 6) is -2.33. The Morgan fingerprint density at radius 1 is 1.11 bits per heavy atom. The Bertz CT molecular complexity index is 1290. The molecule has 1 aromatic carbocycles. The minimum atomic E-state index is -3.93. The van der Waals surface area contributed by atoms with Gasteiger partial charge in [-0.05, 0) is 37.0 Å². The van der Waals surface area contributed by atoms with E-state index in [1.807, 2.05) is 6.20 Å². The standard InChI is InChI=1S/C25H31F2N5O2S/c1-2-3-13-28-24-29-14-21-22(15-32(23(21)30-24)19-7-5-4-6-8-19)18-9-11-20(12-10-18)35(33,34)31-16-25(26,27)17-31/h9-12,14-15,19H,2-8,13,16-17H2,1H3,(H,28,29,30). The normalized spacial score (nSPS) is 19.1. The van der Waals surface area contributed by atoms with Crippen LogP contribution in [0.15, 0.2) is 41.6 Å². The summed E-state index contributed by atoms with van der Waals surface area (Å²) < 4.78 is 54.9. The molecule has 3 aromatic rings. The third-order valence-corrected chi connectivity index (χ3v) is 8.78. The number of nitrogens with one attached hydrogen (secondary N) is 1. The van der Waals surface area contributed by atoms with Gasteiger partial charge in [-0.1, -0.05) is 44.7 Å². The highest BCUT2D eigenvalue weighted by atomic mass is 32.2. The van der Waals surface area contributed by atoms with Gasteiger partial charge in [0.25, 0.3) is 5.92 Å². The summed E-state index contributed by atoms with van der Waals surface area (Å²) in [6.07, 6.45) is 11.9. The lowest BCUT2D eigenvalue weighted by Crippen LogP contribution is -2.58. The van der Waals surface area contributed by atoms with Crippen LogP contribution in [0.25, 0.3) is 22.2 Å². The van der Waals surface area contributed by atoms with E-state index in [4.69, 9.17) is 4.98 Å². The van der Waals surface area contributed by atoms with E-state index in [2.05, 4.69) is 28.0 Å². The van der Waals surface area contributed by atoms with Crippen LogP contribution in [-0.4, -0.2) is 52.8 Å². The fraction of sp³-hybridized carbons (Fsp3) is 0.520. The number of aromatic nitrogens is 3. The second kappa shape index (κ2) is 9.46. The van der Waals surface area contributed by atoms with Gasteiger partial charge in [0.15, 0.2) is 0 Å². The smallest absolute Gasteiger partial charge is 0.275 e. The van der Waals surface area contributed by atoms with Gasteiger partial charge in [0.05, 0.1) is 18.0 Å². The van der Waals surface area contributed by atoms with Gasteiger partial charge in [-0.3, -0.25) is 0 Å². The van der Waals surface area contributed by atoms with Gasteiger partial charge in [0, 0.05) is 35.9 Å². The number of hydrogen-bond donors (Lipinski definition) is 1. The zero-order valence-corrected chi connectivity index (χ0v) is 20.7. The van der Waals surface area contributed by atoms with Crippen molar-refractivity contribution in [3.05, 3.63) is 36.7 Å². The zero-order chi connectivity index (χ0) is 24.6. The summed E-state index contributed by atoms with van der Waals surface area (Å²) in [4.78, 5) is 9.39. The van der Waals surface area contributed by atoms with Gasteiger partial charge in [0.2, 0.25) is 16.0 Å². The van der Waals surface area contributed by atoms with Crippen LogP contribution in [0.5, 0.6) is 0 Å². The minimum Gasteiger partial charge on any atom is -0.354 e. The molecular weight excluding hydrogens is 472 g/mol. The molecular formula is C25H31F2N5O2S. The van der Waals surface area contributed by atoms with Crippen molar-refractivity contribution in [3.63, 3.8) is 0 Å². The van der Waals surface area contributed by atoms with Gasteiger partial charge in [0.1, 0.15) is 5.65 Å². The maximum absolute atomic E-state index is 13.2. The number of alkyl halides is 2. The summed E-state index contributed by atoms with van der Waals surface area (Å²) in [5, 5.41) is 4.22. The molecule has 0 bridgehead atoms.